The first-order valence-electron chi connectivity index (χ1n) is 5.70. The molecule has 0 aliphatic rings. The van der Waals surface area contributed by atoms with E-state index in [1.807, 2.05) is 18.2 Å². The molecule has 2 N–H and O–H groups in total. The highest BCUT2D eigenvalue weighted by Crippen LogP contribution is 2.27. The average Bonchev–Trinajstić information content (AvgIpc) is 2.44. The van der Waals surface area contributed by atoms with Crippen molar-refractivity contribution in [3.8, 4) is 5.75 Å². The quantitative estimate of drug-likeness (QED) is 0.661. The second-order valence-electron chi connectivity index (χ2n) is 3.89. The highest BCUT2D eigenvalue weighted by Gasteiger charge is 2.11. The van der Waals surface area contributed by atoms with Crippen LogP contribution in [0.5, 0.6) is 5.75 Å². The molecule has 0 aromatic heterocycles. The van der Waals surface area contributed by atoms with Gasteiger partial charge in [0.2, 0.25) is 0 Å². The molecule has 0 unspecified atom stereocenters. The summed E-state index contributed by atoms with van der Waals surface area (Å²) in [5.41, 5.74) is 0.797. The zero-order chi connectivity index (χ0) is 14.5. The molecular weight excluding hydrogens is 298 g/mol. The summed E-state index contributed by atoms with van der Waals surface area (Å²) in [6.45, 7) is 0. The molecule has 0 aliphatic heterocycles. The first-order chi connectivity index (χ1) is 9.60. The van der Waals surface area contributed by atoms with Crippen molar-refractivity contribution in [2.24, 2.45) is 0 Å². The molecule has 0 saturated heterocycles. The fourth-order valence-electron chi connectivity index (χ4n) is 1.53. The van der Waals surface area contributed by atoms with Crippen LogP contribution in [0, 0.1) is 0 Å². The van der Waals surface area contributed by atoms with Crippen LogP contribution in [0.1, 0.15) is 10.4 Å². The van der Waals surface area contributed by atoms with Crippen molar-refractivity contribution in [3.63, 3.8) is 0 Å². The van der Waals surface area contributed by atoms with Gasteiger partial charge in [0.05, 0.1) is 7.11 Å². The lowest BCUT2D eigenvalue weighted by Crippen LogP contribution is -2.01. The van der Waals surface area contributed by atoms with E-state index in [0.717, 1.165) is 4.90 Å². The number of rotatable bonds is 4. The SMILES string of the molecule is COC(=O)c1ccc(NSc2cccc(Cl)c2)cc1O. The van der Waals surface area contributed by atoms with E-state index in [0.29, 0.717) is 10.7 Å². The molecule has 2 aromatic rings. The molecule has 20 heavy (non-hydrogen) atoms. The van der Waals surface area contributed by atoms with Crippen molar-refractivity contribution < 1.29 is 14.6 Å². The number of aromatic hydroxyl groups is 1. The number of benzene rings is 2. The lowest BCUT2D eigenvalue weighted by molar-refractivity contribution is 0.0597. The van der Waals surface area contributed by atoms with Crippen LogP contribution < -0.4 is 4.72 Å². The van der Waals surface area contributed by atoms with Crippen molar-refractivity contribution in [1.82, 2.24) is 0 Å². The summed E-state index contributed by atoms with van der Waals surface area (Å²) in [4.78, 5) is 12.3. The number of hydrogen-bond donors (Lipinski definition) is 2. The second-order valence-corrected chi connectivity index (χ2v) is 5.20. The first-order valence-corrected chi connectivity index (χ1v) is 6.89. The topological polar surface area (TPSA) is 58.6 Å². The number of anilines is 1. The van der Waals surface area contributed by atoms with Crippen LogP contribution in [0.3, 0.4) is 0 Å². The first kappa shape index (κ1) is 14.6. The lowest BCUT2D eigenvalue weighted by atomic mass is 10.2. The van der Waals surface area contributed by atoms with Crippen LogP contribution in [-0.2, 0) is 4.74 Å². The molecule has 2 rings (SSSR count). The van der Waals surface area contributed by atoms with Crippen molar-refractivity contribution >= 4 is 35.2 Å². The van der Waals surface area contributed by atoms with E-state index in [-0.39, 0.29) is 11.3 Å². The van der Waals surface area contributed by atoms with Gasteiger partial charge in [-0.3, -0.25) is 0 Å². The summed E-state index contributed by atoms with van der Waals surface area (Å²) >= 11 is 7.25. The van der Waals surface area contributed by atoms with Gasteiger partial charge in [0.1, 0.15) is 11.3 Å². The summed E-state index contributed by atoms with van der Waals surface area (Å²) in [7, 11) is 1.27. The zero-order valence-electron chi connectivity index (χ0n) is 10.6. The van der Waals surface area contributed by atoms with Crippen LogP contribution in [0.15, 0.2) is 47.4 Å². The van der Waals surface area contributed by atoms with Gasteiger partial charge in [-0.05, 0) is 42.3 Å². The molecule has 0 bridgehead atoms. The normalized spacial score (nSPS) is 10.1. The molecule has 0 spiro atoms. The van der Waals surface area contributed by atoms with Crippen LogP contribution in [0.25, 0.3) is 0 Å². The van der Waals surface area contributed by atoms with Gasteiger partial charge in [-0.25, -0.2) is 4.79 Å². The molecule has 0 radical (unpaired) electrons. The molecule has 0 amide bonds. The van der Waals surface area contributed by atoms with Crippen molar-refractivity contribution in [2.45, 2.75) is 4.90 Å². The Labute approximate surface area is 125 Å². The molecule has 6 heteroatoms. The molecule has 104 valence electrons. The molecule has 0 aliphatic carbocycles. The number of carbonyl (C=O) groups is 1. The van der Waals surface area contributed by atoms with Gasteiger partial charge in [-0.2, -0.15) is 0 Å². The highest BCUT2D eigenvalue weighted by atomic mass is 35.5. The van der Waals surface area contributed by atoms with Gasteiger partial charge < -0.3 is 14.6 Å². The Bertz CT molecular complexity index is 634. The van der Waals surface area contributed by atoms with E-state index in [2.05, 4.69) is 9.46 Å². The summed E-state index contributed by atoms with van der Waals surface area (Å²) in [5, 5.41) is 10.4. The van der Waals surface area contributed by atoms with Gasteiger partial charge in [-0.1, -0.05) is 17.7 Å². The third-order valence-electron chi connectivity index (χ3n) is 2.49. The maximum Gasteiger partial charge on any atom is 0.341 e. The maximum atomic E-state index is 11.3. The number of ether oxygens (including phenoxy) is 1. The Morgan fingerprint density at radius 3 is 2.75 bits per heavy atom. The Kier molecular flexibility index (Phi) is 4.76. The minimum Gasteiger partial charge on any atom is -0.507 e. The van der Waals surface area contributed by atoms with E-state index in [1.54, 1.807) is 12.1 Å². The van der Waals surface area contributed by atoms with Crippen molar-refractivity contribution in [3.05, 3.63) is 53.1 Å². The third-order valence-corrected chi connectivity index (χ3v) is 3.55. The minimum absolute atomic E-state index is 0.130. The van der Waals surface area contributed by atoms with Gasteiger partial charge in [0, 0.05) is 21.7 Å². The van der Waals surface area contributed by atoms with Gasteiger partial charge in [-0.15, -0.1) is 0 Å². The van der Waals surface area contributed by atoms with Crippen LogP contribution >= 0.6 is 23.5 Å². The van der Waals surface area contributed by atoms with Crippen molar-refractivity contribution in [2.75, 3.05) is 11.8 Å². The van der Waals surface area contributed by atoms with Crippen molar-refractivity contribution in [1.29, 1.82) is 0 Å². The predicted molar refractivity (Wildman–Crippen MR) is 80.4 cm³/mol. The predicted octanol–water partition coefficient (Wildman–Crippen LogP) is 3.95. The lowest BCUT2D eigenvalue weighted by Gasteiger charge is -2.08. The van der Waals surface area contributed by atoms with Gasteiger partial charge >= 0.3 is 5.97 Å². The smallest absolute Gasteiger partial charge is 0.341 e. The molecular formula is C14H12ClNO3S. The Morgan fingerprint density at radius 1 is 1.30 bits per heavy atom. The summed E-state index contributed by atoms with van der Waals surface area (Å²) in [6, 6.07) is 12.0. The minimum atomic E-state index is -0.573. The number of methoxy groups -OCH3 is 1. The molecule has 0 fully saturated rings. The highest BCUT2D eigenvalue weighted by molar-refractivity contribution is 8.00. The van der Waals surface area contributed by atoms with Crippen LogP contribution in [-0.4, -0.2) is 18.2 Å². The van der Waals surface area contributed by atoms with Crippen LogP contribution in [0.4, 0.5) is 5.69 Å². The standard InChI is InChI=1S/C14H12ClNO3S/c1-19-14(18)12-6-5-10(8-13(12)17)16-20-11-4-2-3-9(15)7-11/h2-8,16-17H,1H3. The number of carbonyl (C=O) groups excluding carboxylic acids is 1. The summed E-state index contributed by atoms with van der Waals surface area (Å²) < 4.78 is 7.62. The third kappa shape index (κ3) is 3.59. The van der Waals surface area contributed by atoms with Gasteiger partial charge in [0.15, 0.2) is 0 Å². The Morgan fingerprint density at radius 2 is 2.10 bits per heavy atom. The molecule has 0 heterocycles. The van der Waals surface area contributed by atoms with E-state index < -0.39 is 5.97 Å². The Balaban J connectivity index is 2.07. The van der Waals surface area contributed by atoms with E-state index >= 15 is 0 Å². The molecule has 4 nitrogen and oxygen atoms in total. The number of phenolic OH excluding ortho intramolecular Hbond substituents is 1. The average molecular weight is 310 g/mol. The number of nitrogens with one attached hydrogen (secondary N) is 1. The second kappa shape index (κ2) is 6.54. The summed E-state index contributed by atoms with van der Waals surface area (Å²) in [6.07, 6.45) is 0. The zero-order valence-corrected chi connectivity index (χ0v) is 12.2. The largest absolute Gasteiger partial charge is 0.507 e. The van der Waals surface area contributed by atoms with E-state index in [4.69, 9.17) is 11.6 Å². The number of hydrogen-bond acceptors (Lipinski definition) is 5. The maximum absolute atomic E-state index is 11.3. The van der Waals surface area contributed by atoms with E-state index in [9.17, 15) is 9.90 Å². The summed E-state index contributed by atoms with van der Waals surface area (Å²) in [5.74, 6) is -0.704. The fraction of sp³-hybridized carbons (Fsp3) is 0.0714. The molecule has 0 atom stereocenters. The molecule has 0 saturated carbocycles. The monoisotopic (exact) mass is 309 g/mol. The number of esters is 1. The van der Waals surface area contributed by atoms with Gasteiger partial charge in [0.25, 0.3) is 0 Å². The Hall–Kier alpha value is -1.85. The fourth-order valence-corrected chi connectivity index (χ4v) is 2.48. The number of halogens is 1. The van der Waals surface area contributed by atoms with Crippen LogP contribution in [0.2, 0.25) is 5.02 Å². The number of phenols is 1. The molecule has 2 aromatic carbocycles. The van der Waals surface area contributed by atoms with E-state index in [1.165, 1.54) is 31.2 Å².